The number of benzene rings is 2. The molecule has 0 heterocycles. The Labute approximate surface area is 174 Å². The van der Waals surface area contributed by atoms with Gasteiger partial charge in [0.1, 0.15) is 0 Å². The molecule has 2 aromatic rings. The third-order valence-electron chi connectivity index (χ3n) is 7.16. The number of rotatable bonds is 2. The van der Waals surface area contributed by atoms with Gasteiger partial charge in [0, 0.05) is 0 Å². The third kappa shape index (κ3) is 3.54. The van der Waals surface area contributed by atoms with Gasteiger partial charge in [-0.05, 0) is 101 Å². The molecule has 0 bridgehead atoms. The highest BCUT2D eigenvalue weighted by Crippen LogP contribution is 2.47. The van der Waals surface area contributed by atoms with Crippen molar-refractivity contribution in [2.45, 2.75) is 77.6 Å². The van der Waals surface area contributed by atoms with Crippen LogP contribution >= 0.6 is 0 Å². The number of hydrogen-bond donors (Lipinski definition) is 1. The van der Waals surface area contributed by atoms with Gasteiger partial charge in [0.15, 0.2) is 0 Å². The lowest BCUT2D eigenvalue weighted by molar-refractivity contribution is 0.0696. The number of carboxylic acid groups (broad SMARTS) is 1. The summed E-state index contributed by atoms with van der Waals surface area (Å²) in [5, 5.41) is 9.31. The highest BCUT2D eigenvalue weighted by Gasteiger charge is 2.37. The van der Waals surface area contributed by atoms with Crippen LogP contribution in [0.5, 0.6) is 0 Å². The average molecular weight is 389 g/mol. The van der Waals surface area contributed by atoms with Crippen molar-refractivity contribution in [3.8, 4) is 0 Å². The molecule has 2 aromatic carbocycles. The summed E-state index contributed by atoms with van der Waals surface area (Å²) in [4.78, 5) is 11.3. The first-order valence-electron chi connectivity index (χ1n) is 10.8. The fourth-order valence-electron chi connectivity index (χ4n) is 5.08. The Morgan fingerprint density at radius 3 is 2.28 bits per heavy atom. The number of carbonyl (C=O) groups is 1. The number of aryl methyl sites for hydroxylation is 2. The van der Waals surface area contributed by atoms with Gasteiger partial charge in [0.25, 0.3) is 0 Å². The molecule has 0 saturated heterocycles. The lowest BCUT2D eigenvalue weighted by Crippen LogP contribution is -2.34. The first-order valence-corrected chi connectivity index (χ1v) is 10.8. The molecular formula is C27H32O2. The zero-order chi connectivity index (χ0) is 21.0. The van der Waals surface area contributed by atoms with Crippen LogP contribution in [0, 0.1) is 6.92 Å². The van der Waals surface area contributed by atoms with Gasteiger partial charge < -0.3 is 5.11 Å². The zero-order valence-corrected chi connectivity index (χ0v) is 18.4. The summed E-state index contributed by atoms with van der Waals surface area (Å²) in [5.74, 6) is -0.848. The number of allylic oxidation sites excluding steroid dienone is 1. The lowest BCUT2D eigenvalue weighted by atomic mass is 9.62. The molecule has 152 valence electrons. The van der Waals surface area contributed by atoms with E-state index in [0.29, 0.717) is 5.56 Å². The Bertz CT molecular complexity index is 1020. The van der Waals surface area contributed by atoms with Crippen LogP contribution in [-0.2, 0) is 17.3 Å². The van der Waals surface area contributed by atoms with Crippen molar-refractivity contribution in [1.29, 1.82) is 0 Å². The second-order valence-electron chi connectivity index (χ2n) is 10.2. The molecule has 0 fully saturated rings. The van der Waals surface area contributed by atoms with E-state index in [9.17, 15) is 9.90 Å². The van der Waals surface area contributed by atoms with Crippen molar-refractivity contribution in [3.05, 3.63) is 69.3 Å². The van der Waals surface area contributed by atoms with Gasteiger partial charge in [-0.1, -0.05) is 52.0 Å². The van der Waals surface area contributed by atoms with Gasteiger partial charge in [-0.15, -0.1) is 0 Å². The fraction of sp³-hybridized carbons (Fsp3) is 0.444. The van der Waals surface area contributed by atoms with Crippen LogP contribution in [0.2, 0.25) is 0 Å². The molecule has 0 atom stereocenters. The molecular weight excluding hydrogens is 356 g/mol. The van der Waals surface area contributed by atoms with Crippen LogP contribution in [0.3, 0.4) is 0 Å². The van der Waals surface area contributed by atoms with E-state index in [0.717, 1.165) is 19.3 Å². The Hall–Kier alpha value is -2.35. The normalized spacial score (nSPS) is 20.8. The second-order valence-corrected chi connectivity index (χ2v) is 10.2. The zero-order valence-electron chi connectivity index (χ0n) is 18.4. The minimum absolute atomic E-state index is 0.201. The lowest BCUT2D eigenvalue weighted by Gasteiger charge is -2.42. The van der Waals surface area contributed by atoms with Gasteiger partial charge in [-0.3, -0.25) is 0 Å². The molecule has 1 N–H and O–H groups in total. The topological polar surface area (TPSA) is 37.3 Å². The van der Waals surface area contributed by atoms with Crippen LogP contribution in [-0.4, -0.2) is 11.1 Å². The van der Waals surface area contributed by atoms with E-state index >= 15 is 0 Å². The predicted octanol–water partition coefficient (Wildman–Crippen LogP) is 6.92. The van der Waals surface area contributed by atoms with Crippen molar-refractivity contribution >= 4 is 17.6 Å². The van der Waals surface area contributed by atoms with Crippen LogP contribution in [0.1, 0.15) is 97.1 Å². The maximum atomic E-state index is 11.3. The molecule has 29 heavy (non-hydrogen) atoms. The molecule has 2 nitrogen and oxygen atoms in total. The summed E-state index contributed by atoms with van der Waals surface area (Å²) < 4.78 is 0. The number of carboxylic acids is 1. The van der Waals surface area contributed by atoms with Gasteiger partial charge in [-0.25, -0.2) is 4.79 Å². The summed E-state index contributed by atoms with van der Waals surface area (Å²) in [5.41, 5.74) is 10.2. The number of aromatic carboxylic acids is 1. The van der Waals surface area contributed by atoms with Crippen molar-refractivity contribution in [3.63, 3.8) is 0 Å². The summed E-state index contributed by atoms with van der Waals surface area (Å²) in [6.45, 7) is 11.7. The first kappa shape index (κ1) is 19.9. The van der Waals surface area contributed by atoms with E-state index in [4.69, 9.17) is 0 Å². The number of hydrogen-bond acceptors (Lipinski definition) is 1. The van der Waals surface area contributed by atoms with Crippen molar-refractivity contribution in [2.75, 3.05) is 0 Å². The van der Waals surface area contributed by atoms with Crippen LogP contribution in [0.15, 0.2) is 30.3 Å². The van der Waals surface area contributed by atoms with Crippen molar-refractivity contribution < 1.29 is 9.90 Å². The van der Waals surface area contributed by atoms with E-state index in [-0.39, 0.29) is 10.8 Å². The van der Waals surface area contributed by atoms with E-state index in [1.807, 2.05) is 12.1 Å². The molecule has 0 amide bonds. The van der Waals surface area contributed by atoms with E-state index in [2.05, 4.69) is 52.8 Å². The average Bonchev–Trinajstić information content (AvgIpc) is 2.66. The molecule has 0 radical (unpaired) electrons. The highest BCUT2D eigenvalue weighted by molar-refractivity contribution is 5.90. The third-order valence-corrected chi connectivity index (χ3v) is 7.16. The molecule has 4 rings (SSSR count). The number of fused-ring (bicyclic) bond motifs is 2. The summed E-state index contributed by atoms with van der Waals surface area (Å²) in [6.07, 6.45) is 7.87. The minimum atomic E-state index is -0.848. The molecule has 0 spiro atoms. The molecule has 0 unspecified atom stereocenters. The Balaban J connectivity index is 1.82. The largest absolute Gasteiger partial charge is 0.478 e. The molecule has 2 heteroatoms. The molecule has 0 saturated carbocycles. The maximum Gasteiger partial charge on any atom is 0.335 e. The van der Waals surface area contributed by atoms with Gasteiger partial charge in [0.2, 0.25) is 0 Å². The fourth-order valence-corrected chi connectivity index (χ4v) is 5.08. The standard InChI is InChI=1S/C27H32O2/c1-17-13-23-24(27(4,5)12-11-26(23,2)3)16-21(17)15-19-8-6-7-18-14-20(25(28)29)9-10-22(18)19/h9-10,13-16H,6-8,11-12H2,1-5H3,(H,28,29)/b19-15-. The van der Waals surface area contributed by atoms with Gasteiger partial charge in [0.05, 0.1) is 5.56 Å². The van der Waals surface area contributed by atoms with Crippen LogP contribution in [0.4, 0.5) is 0 Å². The SMILES string of the molecule is Cc1cc2c(cc1/C=C1/CCCc3cc(C(=O)O)ccc31)C(C)(C)CCC2(C)C. The van der Waals surface area contributed by atoms with Crippen LogP contribution in [0.25, 0.3) is 11.6 Å². The van der Waals surface area contributed by atoms with Crippen molar-refractivity contribution in [1.82, 2.24) is 0 Å². The highest BCUT2D eigenvalue weighted by atomic mass is 16.4. The summed E-state index contributed by atoms with van der Waals surface area (Å²) in [7, 11) is 0. The van der Waals surface area contributed by atoms with Gasteiger partial charge in [-0.2, -0.15) is 0 Å². The quantitative estimate of drug-likeness (QED) is 0.606. The Morgan fingerprint density at radius 1 is 0.966 bits per heavy atom. The van der Waals surface area contributed by atoms with E-state index in [1.165, 1.54) is 51.8 Å². The van der Waals surface area contributed by atoms with Gasteiger partial charge >= 0.3 is 5.97 Å². The molecule has 0 aliphatic heterocycles. The molecule has 0 aromatic heterocycles. The smallest absolute Gasteiger partial charge is 0.335 e. The Morgan fingerprint density at radius 2 is 1.62 bits per heavy atom. The molecule has 2 aliphatic rings. The maximum absolute atomic E-state index is 11.3. The second kappa shape index (κ2) is 6.86. The molecule has 2 aliphatic carbocycles. The summed E-state index contributed by atoms with van der Waals surface area (Å²) >= 11 is 0. The Kier molecular flexibility index (Phi) is 4.72. The monoisotopic (exact) mass is 388 g/mol. The predicted molar refractivity (Wildman–Crippen MR) is 121 cm³/mol. The minimum Gasteiger partial charge on any atom is -0.478 e. The summed E-state index contributed by atoms with van der Waals surface area (Å²) in [6, 6.07) is 10.4. The first-order chi connectivity index (χ1) is 13.6. The van der Waals surface area contributed by atoms with E-state index in [1.54, 1.807) is 6.07 Å². The van der Waals surface area contributed by atoms with Crippen LogP contribution < -0.4 is 0 Å². The van der Waals surface area contributed by atoms with E-state index < -0.39 is 5.97 Å². The van der Waals surface area contributed by atoms with Crippen molar-refractivity contribution in [2.24, 2.45) is 0 Å².